The van der Waals surface area contributed by atoms with E-state index in [1.54, 1.807) is 0 Å². The summed E-state index contributed by atoms with van der Waals surface area (Å²) < 4.78 is 5.89. The minimum atomic E-state index is -0.712. The second-order valence-corrected chi connectivity index (χ2v) is 4.75. The van der Waals surface area contributed by atoms with E-state index in [4.69, 9.17) is 10.5 Å². The average Bonchev–Trinajstić information content (AvgIpc) is 2.39. The molecule has 1 aliphatic rings. The van der Waals surface area contributed by atoms with Crippen molar-refractivity contribution in [2.24, 2.45) is 11.7 Å². The lowest BCUT2D eigenvalue weighted by atomic mass is 9.75. The van der Waals surface area contributed by atoms with Crippen molar-refractivity contribution in [3.05, 3.63) is 54.1 Å². The molecular formula is C16H19NO2. The highest BCUT2D eigenvalue weighted by Gasteiger charge is 2.42. The predicted octanol–water partition coefficient (Wildman–Crippen LogP) is 2.54. The topological polar surface area (TPSA) is 52.3 Å². The van der Waals surface area contributed by atoms with Gasteiger partial charge in [-0.05, 0) is 25.0 Å². The molecule has 1 aliphatic carbocycles. The molecule has 0 aliphatic heterocycles. The number of nitrogens with two attached hydrogens (primary N) is 1. The van der Waals surface area contributed by atoms with Crippen molar-refractivity contribution in [1.29, 1.82) is 0 Å². The summed E-state index contributed by atoms with van der Waals surface area (Å²) in [5.41, 5.74) is 6.84. The summed E-state index contributed by atoms with van der Waals surface area (Å²) in [6.07, 6.45) is 5.67. The molecule has 0 saturated heterocycles. The van der Waals surface area contributed by atoms with Crippen molar-refractivity contribution in [2.75, 3.05) is 6.61 Å². The second-order valence-electron chi connectivity index (χ2n) is 4.75. The van der Waals surface area contributed by atoms with Gasteiger partial charge in [0.05, 0.1) is 5.92 Å². The Hall–Kier alpha value is -1.87. The maximum atomic E-state index is 11.7. The van der Waals surface area contributed by atoms with Crippen LogP contribution in [-0.4, -0.2) is 18.1 Å². The number of carbonyl (C=O) groups excluding carboxylic acids is 1. The second kappa shape index (κ2) is 5.41. The summed E-state index contributed by atoms with van der Waals surface area (Å²) in [5.74, 6) is -0.818. The predicted molar refractivity (Wildman–Crippen MR) is 76.3 cm³/mol. The van der Waals surface area contributed by atoms with Crippen molar-refractivity contribution < 1.29 is 9.53 Å². The third-order valence-corrected chi connectivity index (χ3v) is 3.53. The van der Waals surface area contributed by atoms with Gasteiger partial charge in [0.15, 0.2) is 0 Å². The molecule has 1 aromatic rings. The van der Waals surface area contributed by atoms with Crippen LogP contribution in [0.2, 0.25) is 0 Å². The zero-order valence-electron chi connectivity index (χ0n) is 11.3. The number of hydrogen-bond donors (Lipinski definition) is 1. The molecule has 0 radical (unpaired) electrons. The highest BCUT2D eigenvalue weighted by atomic mass is 16.5. The van der Waals surface area contributed by atoms with E-state index in [1.807, 2.05) is 62.4 Å². The molecular weight excluding hydrogens is 238 g/mol. The van der Waals surface area contributed by atoms with Gasteiger partial charge in [-0.15, -0.1) is 0 Å². The molecule has 1 aromatic carbocycles. The van der Waals surface area contributed by atoms with E-state index >= 15 is 0 Å². The normalized spacial score (nSPS) is 26.0. The molecule has 2 unspecified atom stereocenters. The lowest BCUT2D eigenvalue weighted by Crippen LogP contribution is -2.46. The molecule has 3 heteroatoms. The third-order valence-electron chi connectivity index (χ3n) is 3.53. The summed E-state index contributed by atoms with van der Waals surface area (Å²) in [6, 6.07) is 9.94. The van der Waals surface area contributed by atoms with E-state index < -0.39 is 11.5 Å². The fraction of sp³-hybridized carbons (Fsp3) is 0.312. The van der Waals surface area contributed by atoms with Gasteiger partial charge < -0.3 is 10.5 Å². The van der Waals surface area contributed by atoms with E-state index in [-0.39, 0.29) is 5.91 Å². The summed E-state index contributed by atoms with van der Waals surface area (Å²) in [7, 11) is 0. The lowest BCUT2D eigenvalue weighted by Gasteiger charge is -2.38. The Kier molecular flexibility index (Phi) is 3.86. The van der Waals surface area contributed by atoms with E-state index in [0.717, 1.165) is 11.1 Å². The Morgan fingerprint density at radius 3 is 2.63 bits per heavy atom. The van der Waals surface area contributed by atoms with Crippen LogP contribution >= 0.6 is 0 Å². The SMILES string of the molecule is CCOC1(C)C(c2ccccc2)=CC=CC1C(N)=O. The van der Waals surface area contributed by atoms with Gasteiger partial charge in [0.25, 0.3) is 0 Å². The number of amides is 1. The van der Waals surface area contributed by atoms with Crippen molar-refractivity contribution in [2.45, 2.75) is 19.4 Å². The Bertz CT molecular complexity index is 519. The molecule has 1 amide bonds. The zero-order valence-corrected chi connectivity index (χ0v) is 11.3. The van der Waals surface area contributed by atoms with Gasteiger partial charge in [-0.3, -0.25) is 4.79 Å². The fourth-order valence-corrected chi connectivity index (χ4v) is 2.61. The number of hydrogen-bond acceptors (Lipinski definition) is 2. The van der Waals surface area contributed by atoms with Gasteiger partial charge in [0.1, 0.15) is 5.60 Å². The molecule has 0 saturated carbocycles. The van der Waals surface area contributed by atoms with Gasteiger partial charge in [0.2, 0.25) is 5.91 Å². The standard InChI is InChI=1S/C16H19NO2/c1-3-19-16(2)13(12-8-5-4-6-9-12)10-7-11-14(16)15(17)18/h4-11,14H,3H2,1-2H3,(H2,17,18). The van der Waals surface area contributed by atoms with Crippen LogP contribution < -0.4 is 5.73 Å². The van der Waals surface area contributed by atoms with Crippen molar-refractivity contribution in [3.8, 4) is 0 Å². The maximum absolute atomic E-state index is 11.7. The van der Waals surface area contributed by atoms with Crippen LogP contribution in [0.5, 0.6) is 0 Å². The summed E-state index contributed by atoms with van der Waals surface area (Å²) >= 11 is 0. The average molecular weight is 257 g/mol. The Morgan fingerprint density at radius 1 is 1.37 bits per heavy atom. The molecule has 0 aromatic heterocycles. The van der Waals surface area contributed by atoms with E-state index in [2.05, 4.69) is 0 Å². The van der Waals surface area contributed by atoms with Crippen LogP contribution in [0.4, 0.5) is 0 Å². The lowest BCUT2D eigenvalue weighted by molar-refractivity contribution is -0.127. The Labute approximate surface area is 113 Å². The van der Waals surface area contributed by atoms with Crippen LogP contribution in [0, 0.1) is 5.92 Å². The summed E-state index contributed by atoms with van der Waals surface area (Å²) in [6.45, 7) is 4.37. The van der Waals surface area contributed by atoms with Crippen molar-refractivity contribution in [3.63, 3.8) is 0 Å². The quantitative estimate of drug-likeness (QED) is 0.901. The molecule has 3 nitrogen and oxygen atoms in total. The minimum Gasteiger partial charge on any atom is -0.370 e. The van der Waals surface area contributed by atoms with Gasteiger partial charge in [-0.1, -0.05) is 48.6 Å². The Balaban J connectivity index is 2.49. The third kappa shape index (κ3) is 2.47. The van der Waals surface area contributed by atoms with Gasteiger partial charge in [-0.2, -0.15) is 0 Å². The van der Waals surface area contributed by atoms with Crippen molar-refractivity contribution >= 4 is 11.5 Å². The van der Waals surface area contributed by atoms with Crippen LogP contribution in [0.1, 0.15) is 19.4 Å². The number of primary amides is 1. The first-order valence-electron chi connectivity index (χ1n) is 6.47. The molecule has 2 rings (SSSR count). The molecule has 0 spiro atoms. The van der Waals surface area contributed by atoms with Crippen molar-refractivity contribution in [1.82, 2.24) is 0 Å². The fourth-order valence-electron chi connectivity index (χ4n) is 2.61. The number of allylic oxidation sites excluding steroid dienone is 2. The van der Waals surface area contributed by atoms with E-state index in [9.17, 15) is 4.79 Å². The van der Waals surface area contributed by atoms with Crippen LogP contribution in [-0.2, 0) is 9.53 Å². The molecule has 0 heterocycles. The minimum absolute atomic E-state index is 0.367. The highest BCUT2D eigenvalue weighted by Crippen LogP contribution is 2.40. The summed E-state index contributed by atoms with van der Waals surface area (Å²) in [5, 5.41) is 0. The number of benzene rings is 1. The zero-order chi connectivity index (χ0) is 13.9. The molecule has 19 heavy (non-hydrogen) atoms. The van der Waals surface area contributed by atoms with E-state index in [1.165, 1.54) is 0 Å². The first-order chi connectivity index (χ1) is 9.09. The molecule has 2 atom stereocenters. The summed E-state index contributed by atoms with van der Waals surface area (Å²) in [4.78, 5) is 11.7. The number of carbonyl (C=O) groups is 1. The van der Waals surface area contributed by atoms with Crippen LogP contribution in [0.3, 0.4) is 0 Å². The first kappa shape index (κ1) is 13.6. The first-order valence-corrected chi connectivity index (χ1v) is 6.47. The van der Waals surface area contributed by atoms with Gasteiger partial charge in [0, 0.05) is 6.61 Å². The smallest absolute Gasteiger partial charge is 0.227 e. The van der Waals surface area contributed by atoms with Crippen LogP contribution in [0.25, 0.3) is 5.57 Å². The monoisotopic (exact) mass is 257 g/mol. The van der Waals surface area contributed by atoms with Gasteiger partial charge in [-0.25, -0.2) is 0 Å². The van der Waals surface area contributed by atoms with Crippen LogP contribution in [0.15, 0.2) is 48.6 Å². The molecule has 2 N–H and O–H groups in total. The molecule has 0 fully saturated rings. The molecule has 0 bridgehead atoms. The maximum Gasteiger partial charge on any atom is 0.227 e. The van der Waals surface area contributed by atoms with Gasteiger partial charge >= 0.3 is 0 Å². The highest BCUT2D eigenvalue weighted by molar-refractivity contribution is 5.87. The Morgan fingerprint density at radius 2 is 2.05 bits per heavy atom. The number of ether oxygens (including phenoxy) is 1. The van der Waals surface area contributed by atoms with E-state index in [0.29, 0.717) is 6.61 Å². The largest absolute Gasteiger partial charge is 0.370 e. The molecule has 100 valence electrons. The number of rotatable bonds is 4.